The van der Waals surface area contributed by atoms with Crippen molar-refractivity contribution in [3.05, 3.63) is 12.0 Å². The number of aromatic amines is 1. The van der Waals surface area contributed by atoms with Crippen molar-refractivity contribution in [1.29, 1.82) is 0 Å². The van der Waals surface area contributed by atoms with E-state index in [-0.39, 0.29) is 17.5 Å². The van der Waals surface area contributed by atoms with Crippen LogP contribution in [0.25, 0.3) is 0 Å². The standard InChI is InChI=1S/C11H19N5O3S/c1-3-9-14-7-10(15-9)20(18,19)16-5-4-13-6-8(16)11(17)12-2/h7-8,13H,3-6H2,1-2H3,(H,12,17)(H,14,15). The van der Waals surface area contributed by atoms with Gasteiger partial charge in [0.1, 0.15) is 11.9 Å². The lowest BCUT2D eigenvalue weighted by Crippen LogP contribution is -2.59. The van der Waals surface area contributed by atoms with E-state index in [1.54, 1.807) is 0 Å². The molecule has 1 fully saturated rings. The predicted molar refractivity (Wildman–Crippen MR) is 72.6 cm³/mol. The molecule has 0 saturated carbocycles. The summed E-state index contributed by atoms with van der Waals surface area (Å²) in [5.41, 5.74) is 0. The molecule has 0 aliphatic carbocycles. The van der Waals surface area contributed by atoms with E-state index in [2.05, 4.69) is 20.6 Å². The summed E-state index contributed by atoms with van der Waals surface area (Å²) in [4.78, 5) is 18.6. The normalized spacial score (nSPS) is 20.8. The molecule has 112 valence electrons. The van der Waals surface area contributed by atoms with E-state index in [1.807, 2.05) is 6.92 Å². The molecule has 1 aromatic heterocycles. The summed E-state index contributed by atoms with van der Waals surface area (Å²) in [6.45, 7) is 2.95. The number of likely N-dealkylation sites (N-methyl/N-ethyl adjacent to an activating group) is 1. The number of hydrogen-bond acceptors (Lipinski definition) is 5. The molecule has 0 radical (unpaired) electrons. The molecule has 1 atom stereocenters. The maximum Gasteiger partial charge on any atom is 0.260 e. The van der Waals surface area contributed by atoms with Crippen molar-refractivity contribution >= 4 is 15.9 Å². The van der Waals surface area contributed by atoms with Crippen molar-refractivity contribution in [2.75, 3.05) is 26.7 Å². The van der Waals surface area contributed by atoms with Crippen LogP contribution in [0.1, 0.15) is 12.7 Å². The summed E-state index contributed by atoms with van der Waals surface area (Å²) in [5.74, 6) is 0.284. The zero-order chi connectivity index (χ0) is 14.8. The predicted octanol–water partition coefficient (Wildman–Crippen LogP) is -1.32. The van der Waals surface area contributed by atoms with Gasteiger partial charge in [0, 0.05) is 33.1 Å². The van der Waals surface area contributed by atoms with E-state index in [0.717, 1.165) is 0 Å². The van der Waals surface area contributed by atoms with E-state index in [9.17, 15) is 13.2 Å². The van der Waals surface area contributed by atoms with Gasteiger partial charge in [-0.1, -0.05) is 6.92 Å². The fraction of sp³-hybridized carbons (Fsp3) is 0.636. The average molecular weight is 301 g/mol. The molecule has 2 rings (SSSR count). The Morgan fingerprint density at radius 2 is 2.35 bits per heavy atom. The highest BCUT2D eigenvalue weighted by molar-refractivity contribution is 7.89. The third-order valence-corrected chi connectivity index (χ3v) is 5.09. The van der Waals surface area contributed by atoms with Gasteiger partial charge in [0.2, 0.25) is 5.91 Å². The van der Waals surface area contributed by atoms with Crippen LogP contribution in [0.2, 0.25) is 0 Å². The third kappa shape index (κ3) is 2.69. The molecule has 1 saturated heterocycles. The monoisotopic (exact) mass is 301 g/mol. The Morgan fingerprint density at radius 3 is 2.95 bits per heavy atom. The van der Waals surface area contributed by atoms with Crippen LogP contribution in [0.3, 0.4) is 0 Å². The van der Waals surface area contributed by atoms with Crippen LogP contribution in [-0.2, 0) is 21.2 Å². The van der Waals surface area contributed by atoms with Crippen LogP contribution in [0, 0.1) is 0 Å². The fourth-order valence-electron chi connectivity index (χ4n) is 2.14. The first kappa shape index (κ1) is 14.9. The minimum Gasteiger partial charge on any atom is -0.358 e. The van der Waals surface area contributed by atoms with Crippen LogP contribution >= 0.6 is 0 Å². The Balaban J connectivity index is 2.32. The van der Waals surface area contributed by atoms with Crippen molar-refractivity contribution in [1.82, 2.24) is 24.9 Å². The molecule has 1 aliphatic heterocycles. The number of aryl methyl sites for hydroxylation is 1. The number of H-pyrrole nitrogens is 1. The van der Waals surface area contributed by atoms with Gasteiger partial charge in [-0.05, 0) is 0 Å². The summed E-state index contributed by atoms with van der Waals surface area (Å²) < 4.78 is 26.4. The SMILES string of the molecule is CCc1ncc(S(=O)(=O)N2CCNCC2C(=O)NC)[nH]1. The molecular formula is C11H19N5O3S. The minimum atomic E-state index is -3.74. The van der Waals surface area contributed by atoms with Crippen molar-refractivity contribution in [2.45, 2.75) is 24.4 Å². The molecule has 1 aliphatic rings. The van der Waals surface area contributed by atoms with Gasteiger partial charge < -0.3 is 15.6 Å². The average Bonchev–Trinajstić information content (AvgIpc) is 2.96. The minimum absolute atomic E-state index is 0.0325. The number of carbonyl (C=O) groups is 1. The summed E-state index contributed by atoms with van der Waals surface area (Å²) in [6, 6.07) is -0.743. The molecule has 20 heavy (non-hydrogen) atoms. The van der Waals surface area contributed by atoms with Gasteiger partial charge in [0.15, 0.2) is 5.03 Å². The van der Waals surface area contributed by atoms with Crippen LogP contribution in [-0.4, -0.2) is 61.3 Å². The highest BCUT2D eigenvalue weighted by Gasteiger charge is 2.38. The van der Waals surface area contributed by atoms with Crippen molar-refractivity contribution in [3.8, 4) is 0 Å². The van der Waals surface area contributed by atoms with Crippen molar-refractivity contribution in [2.24, 2.45) is 0 Å². The highest BCUT2D eigenvalue weighted by atomic mass is 32.2. The number of rotatable bonds is 4. The van der Waals surface area contributed by atoms with Gasteiger partial charge in [-0.25, -0.2) is 13.4 Å². The van der Waals surface area contributed by atoms with Gasteiger partial charge >= 0.3 is 0 Å². The molecule has 3 N–H and O–H groups in total. The number of carbonyl (C=O) groups excluding carboxylic acids is 1. The number of sulfonamides is 1. The zero-order valence-corrected chi connectivity index (χ0v) is 12.3. The Bertz CT molecular complexity index is 583. The number of imidazole rings is 1. The molecule has 9 heteroatoms. The molecule has 0 spiro atoms. The van der Waals surface area contributed by atoms with E-state index in [4.69, 9.17) is 0 Å². The molecule has 8 nitrogen and oxygen atoms in total. The number of piperazine rings is 1. The molecule has 1 aromatic rings. The van der Waals surface area contributed by atoms with Crippen molar-refractivity contribution < 1.29 is 13.2 Å². The first-order chi connectivity index (χ1) is 9.50. The van der Waals surface area contributed by atoms with Gasteiger partial charge in [-0.15, -0.1) is 0 Å². The summed E-state index contributed by atoms with van der Waals surface area (Å²) in [6.07, 6.45) is 1.92. The molecule has 2 heterocycles. The Morgan fingerprint density at radius 1 is 1.60 bits per heavy atom. The largest absolute Gasteiger partial charge is 0.358 e. The molecule has 0 aromatic carbocycles. The van der Waals surface area contributed by atoms with Crippen LogP contribution in [0.5, 0.6) is 0 Å². The number of nitrogens with one attached hydrogen (secondary N) is 3. The summed E-state index contributed by atoms with van der Waals surface area (Å²) >= 11 is 0. The first-order valence-corrected chi connectivity index (χ1v) is 7.92. The third-order valence-electron chi connectivity index (χ3n) is 3.27. The molecular weight excluding hydrogens is 282 g/mol. The smallest absolute Gasteiger partial charge is 0.260 e. The highest BCUT2D eigenvalue weighted by Crippen LogP contribution is 2.18. The summed E-state index contributed by atoms with van der Waals surface area (Å²) in [5, 5.41) is 5.55. The fourth-order valence-corrected chi connectivity index (χ4v) is 3.67. The van der Waals surface area contributed by atoms with Crippen LogP contribution in [0.4, 0.5) is 0 Å². The van der Waals surface area contributed by atoms with E-state index in [1.165, 1.54) is 17.5 Å². The molecule has 1 unspecified atom stereocenters. The second-order valence-corrected chi connectivity index (χ2v) is 6.36. The maximum absolute atomic E-state index is 12.6. The van der Waals surface area contributed by atoms with Gasteiger partial charge in [-0.2, -0.15) is 4.31 Å². The van der Waals surface area contributed by atoms with E-state index >= 15 is 0 Å². The zero-order valence-electron chi connectivity index (χ0n) is 11.5. The van der Waals surface area contributed by atoms with Gasteiger partial charge in [0.25, 0.3) is 10.0 Å². The maximum atomic E-state index is 12.6. The number of hydrogen-bond donors (Lipinski definition) is 3. The summed E-state index contributed by atoms with van der Waals surface area (Å²) in [7, 11) is -2.25. The Kier molecular flexibility index (Phi) is 4.41. The Hall–Kier alpha value is -1.45. The lowest BCUT2D eigenvalue weighted by molar-refractivity contribution is -0.124. The van der Waals surface area contributed by atoms with E-state index in [0.29, 0.717) is 25.3 Å². The first-order valence-electron chi connectivity index (χ1n) is 6.48. The number of nitrogens with zero attached hydrogens (tertiary/aromatic N) is 2. The number of aromatic nitrogens is 2. The van der Waals surface area contributed by atoms with Crippen LogP contribution < -0.4 is 10.6 Å². The lowest BCUT2D eigenvalue weighted by Gasteiger charge is -2.33. The quantitative estimate of drug-likeness (QED) is 0.639. The van der Waals surface area contributed by atoms with Gasteiger partial charge in [0.05, 0.1) is 6.20 Å². The molecule has 0 bridgehead atoms. The van der Waals surface area contributed by atoms with E-state index < -0.39 is 16.1 Å². The second kappa shape index (κ2) is 5.90. The molecule has 1 amide bonds. The van der Waals surface area contributed by atoms with Crippen molar-refractivity contribution in [3.63, 3.8) is 0 Å². The lowest BCUT2D eigenvalue weighted by atomic mass is 10.2. The second-order valence-electron chi connectivity index (χ2n) is 4.50. The van der Waals surface area contributed by atoms with Gasteiger partial charge in [-0.3, -0.25) is 4.79 Å². The topological polar surface area (TPSA) is 107 Å². The number of amides is 1. The Labute approximate surface area is 118 Å². The van der Waals surface area contributed by atoms with Crippen LogP contribution in [0.15, 0.2) is 11.2 Å².